The highest BCUT2D eigenvalue weighted by Crippen LogP contribution is 2.15. The molecule has 0 amide bonds. The van der Waals surface area contributed by atoms with Gasteiger partial charge in [-0.15, -0.1) is 0 Å². The standard InChI is InChI=1S/C11H13NO2/c1-3-11(13)14-10-7-5-9(6-8-10)12-4-2/h3,5-8,12H,1,4H2,2H3. The van der Waals surface area contributed by atoms with E-state index in [1.165, 1.54) is 0 Å². The highest BCUT2D eigenvalue weighted by molar-refractivity contribution is 5.83. The summed E-state index contributed by atoms with van der Waals surface area (Å²) in [5.41, 5.74) is 1.01. The molecule has 0 aliphatic rings. The molecule has 0 heterocycles. The van der Waals surface area contributed by atoms with Crippen molar-refractivity contribution in [3.05, 3.63) is 36.9 Å². The summed E-state index contributed by atoms with van der Waals surface area (Å²) >= 11 is 0. The summed E-state index contributed by atoms with van der Waals surface area (Å²) in [6.45, 7) is 6.20. The molecule has 0 radical (unpaired) electrons. The van der Waals surface area contributed by atoms with Gasteiger partial charge in [0.1, 0.15) is 5.75 Å². The van der Waals surface area contributed by atoms with Crippen LogP contribution >= 0.6 is 0 Å². The Bertz CT molecular complexity index is 317. The number of carbonyl (C=O) groups is 1. The van der Waals surface area contributed by atoms with Crippen LogP contribution in [0.4, 0.5) is 5.69 Å². The van der Waals surface area contributed by atoms with Crippen LogP contribution in [0.25, 0.3) is 0 Å². The molecule has 0 fully saturated rings. The molecule has 14 heavy (non-hydrogen) atoms. The van der Waals surface area contributed by atoms with E-state index >= 15 is 0 Å². The van der Waals surface area contributed by atoms with E-state index in [0.29, 0.717) is 5.75 Å². The lowest BCUT2D eigenvalue weighted by Gasteiger charge is -2.04. The topological polar surface area (TPSA) is 38.3 Å². The van der Waals surface area contributed by atoms with Crippen molar-refractivity contribution in [2.24, 2.45) is 0 Å². The molecule has 1 N–H and O–H groups in total. The minimum atomic E-state index is -0.443. The monoisotopic (exact) mass is 191 g/mol. The second kappa shape index (κ2) is 5.07. The normalized spacial score (nSPS) is 9.21. The molecule has 0 aliphatic heterocycles. The maximum atomic E-state index is 10.8. The van der Waals surface area contributed by atoms with Gasteiger partial charge < -0.3 is 10.1 Å². The minimum Gasteiger partial charge on any atom is -0.423 e. The summed E-state index contributed by atoms with van der Waals surface area (Å²) < 4.78 is 4.91. The number of nitrogens with one attached hydrogen (secondary N) is 1. The van der Waals surface area contributed by atoms with Gasteiger partial charge in [-0.2, -0.15) is 0 Å². The third kappa shape index (κ3) is 2.94. The molecule has 3 nitrogen and oxygen atoms in total. The van der Waals surface area contributed by atoms with Crippen molar-refractivity contribution in [1.82, 2.24) is 0 Å². The molecule has 0 saturated heterocycles. The first kappa shape index (κ1) is 10.3. The molecule has 0 atom stereocenters. The van der Waals surface area contributed by atoms with E-state index in [0.717, 1.165) is 18.3 Å². The number of carbonyl (C=O) groups excluding carboxylic acids is 1. The van der Waals surface area contributed by atoms with Crippen LogP contribution in [0.1, 0.15) is 6.92 Å². The van der Waals surface area contributed by atoms with Gasteiger partial charge in [0.15, 0.2) is 0 Å². The van der Waals surface area contributed by atoms with Gasteiger partial charge in [-0.3, -0.25) is 0 Å². The predicted octanol–water partition coefficient (Wildman–Crippen LogP) is 2.21. The maximum Gasteiger partial charge on any atom is 0.335 e. The second-order valence-corrected chi connectivity index (χ2v) is 2.68. The van der Waals surface area contributed by atoms with E-state index in [1.807, 2.05) is 19.1 Å². The third-order valence-electron chi connectivity index (χ3n) is 1.62. The summed E-state index contributed by atoms with van der Waals surface area (Å²) in [7, 11) is 0. The summed E-state index contributed by atoms with van der Waals surface area (Å²) in [5.74, 6) is 0.0813. The zero-order chi connectivity index (χ0) is 10.4. The number of hydrogen-bond acceptors (Lipinski definition) is 3. The van der Waals surface area contributed by atoms with Crippen molar-refractivity contribution >= 4 is 11.7 Å². The van der Waals surface area contributed by atoms with E-state index in [1.54, 1.807) is 12.1 Å². The van der Waals surface area contributed by atoms with E-state index < -0.39 is 5.97 Å². The van der Waals surface area contributed by atoms with Crippen LogP contribution in [-0.4, -0.2) is 12.5 Å². The van der Waals surface area contributed by atoms with Crippen LogP contribution in [0.2, 0.25) is 0 Å². The van der Waals surface area contributed by atoms with Crippen LogP contribution in [0.15, 0.2) is 36.9 Å². The molecule has 1 rings (SSSR count). The average Bonchev–Trinajstić information content (AvgIpc) is 2.21. The van der Waals surface area contributed by atoms with Crippen LogP contribution in [-0.2, 0) is 4.79 Å². The van der Waals surface area contributed by atoms with Crippen LogP contribution in [0.3, 0.4) is 0 Å². The van der Waals surface area contributed by atoms with Crippen molar-refractivity contribution in [2.75, 3.05) is 11.9 Å². The number of benzene rings is 1. The Hall–Kier alpha value is -1.77. The number of ether oxygens (including phenoxy) is 1. The summed E-state index contributed by atoms with van der Waals surface area (Å²) in [4.78, 5) is 10.8. The molecular formula is C11H13NO2. The lowest BCUT2D eigenvalue weighted by atomic mass is 10.3. The molecule has 0 spiro atoms. The highest BCUT2D eigenvalue weighted by atomic mass is 16.5. The Labute approximate surface area is 83.4 Å². The number of esters is 1. The number of rotatable bonds is 4. The fraction of sp³-hybridized carbons (Fsp3) is 0.182. The SMILES string of the molecule is C=CC(=O)Oc1ccc(NCC)cc1. The van der Waals surface area contributed by atoms with Gasteiger partial charge in [-0.05, 0) is 31.2 Å². The summed E-state index contributed by atoms with van der Waals surface area (Å²) in [5, 5.41) is 3.14. The van der Waals surface area contributed by atoms with Crippen LogP contribution in [0.5, 0.6) is 5.75 Å². The first-order valence-corrected chi connectivity index (χ1v) is 4.44. The lowest BCUT2D eigenvalue weighted by molar-refractivity contribution is -0.128. The fourth-order valence-electron chi connectivity index (χ4n) is 1.00. The zero-order valence-electron chi connectivity index (χ0n) is 8.12. The Morgan fingerprint density at radius 1 is 1.50 bits per heavy atom. The largest absolute Gasteiger partial charge is 0.423 e. The van der Waals surface area contributed by atoms with E-state index in [2.05, 4.69) is 11.9 Å². The Balaban J connectivity index is 2.63. The highest BCUT2D eigenvalue weighted by Gasteiger charge is 1.98. The molecule has 0 aliphatic carbocycles. The molecular weight excluding hydrogens is 178 g/mol. The van der Waals surface area contributed by atoms with E-state index in [-0.39, 0.29) is 0 Å². The van der Waals surface area contributed by atoms with Crippen molar-refractivity contribution in [1.29, 1.82) is 0 Å². The number of anilines is 1. The molecule has 3 heteroatoms. The predicted molar refractivity (Wildman–Crippen MR) is 56.4 cm³/mol. The van der Waals surface area contributed by atoms with Crippen molar-refractivity contribution in [3.8, 4) is 5.75 Å². The van der Waals surface area contributed by atoms with Crippen molar-refractivity contribution in [2.45, 2.75) is 6.92 Å². The van der Waals surface area contributed by atoms with Gasteiger partial charge in [0, 0.05) is 18.3 Å². The lowest BCUT2D eigenvalue weighted by Crippen LogP contribution is -2.03. The fourth-order valence-corrected chi connectivity index (χ4v) is 1.00. The molecule has 0 bridgehead atoms. The van der Waals surface area contributed by atoms with Gasteiger partial charge in [-0.1, -0.05) is 6.58 Å². The quantitative estimate of drug-likeness (QED) is 0.450. The maximum absolute atomic E-state index is 10.8. The van der Waals surface area contributed by atoms with Gasteiger partial charge >= 0.3 is 5.97 Å². The Kier molecular flexibility index (Phi) is 3.73. The molecule has 0 aromatic heterocycles. The van der Waals surface area contributed by atoms with Crippen molar-refractivity contribution < 1.29 is 9.53 Å². The van der Waals surface area contributed by atoms with Gasteiger partial charge in [-0.25, -0.2) is 4.79 Å². The minimum absolute atomic E-state index is 0.443. The third-order valence-corrected chi connectivity index (χ3v) is 1.62. The van der Waals surface area contributed by atoms with Gasteiger partial charge in [0.2, 0.25) is 0 Å². The Morgan fingerprint density at radius 2 is 2.14 bits per heavy atom. The van der Waals surface area contributed by atoms with Crippen LogP contribution in [0, 0.1) is 0 Å². The number of hydrogen-bond donors (Lipinski definition) is 1. The molecule has 0 unspecified atom stereocenters. The summed E-state index contributed by atoms with van der Waals surface area (Å²) in [6.07, 6.45) is 1.14. The smallest absolute Gasteiger partial charge is 0.335 e. The van der Waals surface area contributed by atoms with Gasteiger partial charge in [0.25, 0.3) is 0 Å². The first-order chi connectivity index (χ1) is 6.76. The molecule has 0 saturated carbocycles. The van der Waals surface area contributed by atoms with Gasteiger partial charge in [0.05, 0.1) is 0 Å². The zero-order valence-corrected chi connectivity index (χ0v) is 8.12. The average molecular weight is 191 g/mol. The molecule has 1 aromatic carbocycles. The second-order valence-electron chi connectivity index (χ2n) is 2.68. The summed E-state index contributed by atoms with van der Waals surface area (Å²) in [6, 6.07) is 7.18. The van der Waals surface area contributed by atoms with E-state index in [9.17, 15) is 4.79 Å². The molecule has 74 valence electrons. The van der Waals surface area contributed by atoms with E-state index in [4.69, 9.17) is 4.74 Å². The Morgan fingerprint density at radius 3 is 2.64 bits per heavy atom. The van der Waals surface area contributed by atoms with Crippen LogP contribution < -0.4 is 10.1 Å². The molecule has 1 aromatic rings. The first-order valence-electron chi connectivity index (χ1n) is 4.44. The van der Waals surface area contributed by atoms with Crippen molar-refractivity contribution in [3.63, 3.8) is 0 Å².